The molecule has 3 aromatic rings. The summed E-state index contributed by atoms with van der Waals surface area (Å²) in [5.41, 5.74) is 2.43. The van der Waals surface area contributed by atoms with Crippen molar-refractivity contribution in [3.63, 3.8) is 0 Å². The fourth-order valence-electron chi connectivity index (χ4n) is 4.11. The second-order valence-electron chi connectivity index (χ2n) is 7.24. The van der Waals surface area contributed by atoms with Crippen molar-refractivity contribution in [2.24, 2.45) is 0 Å². The molecule has 0 spiro atoms. The Morgan fingerprint density at radius 1 is 1.00 bits per heavy atom. The number of benzene rings is 2. The van der Waals surface area contributed by atoms with Crippen molar-refractivity contribution >= 4 is 17.2 Å². The molecule has 2 bridgehead atoms. The van der Waals surface area contributed by atoms with E-state index < -0.39 is 11.6 Å². The van der Waals surface area contributed by atoms with Crippen molar-refractivity contribution in [2.75, 3.05) is 5.32 Å². The lowest BCUT2D eigenvalue weighted by molar-refractivity contribution is -0.113. The lowest BCUT2D eigenvalue weighted by atomic mass is 9.89. The maximum atomic E-state index is 14.7. The Hall–Kier alpha value is -3.45. The van der Waals surface area contributed by atoms with Gasteiger partial charge in [-0.1, -0.05) is 18.2 Å². The number of hydrogen-bond donors (Lipinski definition) is 1. The molecule has 0 aliphatic carbocycles. The molecule has 2 aromatic carbocycles. The van der Waals surface area contributed by atoms with Gasteiger partial charge < -0.3 is 10.1 Å². The summed E-state index contributed by atoms with van der Waals surface area (Å²) < 4.78 is 34.6. The minimum Gasteiger partial charge on any atom is -0.365 e. The van der Waals surface area contributed by atoms with Crippen molar-refractivity contribution in [1.29, 1.82) is 0 Å². The zero-order valence-corrected chi connectivity index (χ0v) is 15.8. The predicted octanol–water partition coefficient (Wildman–Crippen LogP) is 4.38. The molecule has 1 saturated heterocycles. The van der Waals surface area contributed by atoms with E-state index in [0.29, 0.717) is 11.3 Å². The number of halogens is 2. The lowest BCUT2D eigenvalue weighted by Crippen LogP contribution is -2.23. The monoisotopic (exact) mass is 405 g/mol. The summed E-state index contributed by atoms with van der Waals surface area (Å²) in [5, 5.41) is 2.74. The van der Waals surface area contributed by atoms with Crippen molar-refractivity contribution < 1.29 is 18.3 Å². The van der Waals surface area contributed by atoms with Crippen LogP contribution in [-0.4, -0.2) is 28.1 Å². The number of amides is 1. The summed E-state index contributed by atoms with van der Waals surface area (Å²) >= 11 is 0. The van der Waals surface area contributed by atoms with Gasteiger partial charge in [0.25, 0.3) is 5.91 Å². The van der Waals surface area contributed by atoms with Crippen LogP contribution in [0.2, 0.25) is 0 Å². The molecule has 2 atom stereocenters. The average Bonchev–Trinajstić information content (AvgIpc) is 3.37. The number of carbonyl (C=O) groups excluding carboxylic acids is 1. The summed E-state index contributed by atoms with van der Waals surface area (Å²) in [6.45, 7) is 0. The van der Waals surface area contributed by atoms with Gasteiger partial charge in [0, 0.05) is 34.8 Å². The van der Waals surface area contributed by atoms with Gasteiger partial charge in [0.1, 0.15) is 11.6 Å². The summed E-state index contributed by atoms with van der Waals surface area (Å²) in [6, 6.07) is 10.2. The largest absolute Gasteiger partial charge is 0.365 e. The molecule has 7 heteroatoms. The molecule has 3 heterocycles. The highest BCUT2D eigenvalue weighted by molar-refractivity contribution is 6.11. The average molecular weight is 405 g/mol. The highest BCUT2D eigenvalue weighted by atomic mass is 19.1. The molecular formula is C23H17F2N3O2. The number of aromatic nitrogens is 2. The van der Waals surface area contributed by atoms with E-state index in [0.717, 1.165) is 18.4 Å². The first-order valence-corrected chi connectivity index (χ1v) is 9.63. The SMILES string of the molecule is O=C(Nc1ccc(-c2ccccc2F)c(F)c1)C1=C(c2cnccn2)[C@@H]2CC[C@H]1O2. The zero-order chi connectivity index (χ0) is 20.7. The Bertz CT molecular complexity index is 1160. The molecule has 1 N–H and O–H groups in total. The van der Waals surface area contributed by atoms with Crippen LogP contribution in [0.15, 0.2) is 66.6 Å². The second-order valence-corrected chi connectivity index (χ2v) is 7.24. The third-order valence-corrected chi connectivity index (χ3v) is 5.43. The molecule has 2 aliphatic heterocycles. The van der Waals surface area contributed by atoms with Crippen LogP contribution in [0.4, 0.5) is 14.5 Å². The first-order chi connectivity index (χ1) is 14.6. The maximum absolute atomic E-state index is 14.7. The number of anilines is 1. The Labute approximate surface area is 171 Å². The molecule has 0 radical (unpaired) electrons. The quantitative estimate of drug-likeness (QED) is 0.700. The zero-order valence-electron chi connectivity index (χ0n) is 15.8. The number of ether oxygens (including phenoxy) is 1. The van der Waals surface area contributed by atoms with Crippen LogP contribution in [0.1, 0.15) is 18.5 Å². The van der Waals surface area contributed by atoms with Crippen LogP contribution in [0.3, 0.4) is 0 Å². The molecular weight excluding hydrogens is 388 g/mol. The molecule has 0 unspecified atom stereocenters. The van der Waals surface area contributed by atoms with E-state index in [4.69, 9.17) is 4.74 Å². The fourth-order valence-corrected chi connectivity index (χ4v) is 4.11. The van der Waals surface area contributed by atoms with Crippen LogP contribution >= 0.6 is 0 Å². The molecule has 1 fully saturated rings. The van der Waals surface area contributed by atoms with Gasteiger partial charge in [-0.3, -0.25) is 14.8 Å². The van der Waals surface area contributed by atoms with Crippen molar-refractivity contribution in [2.45, 2.75) is 25.0 Å². The van der Waals surface area contributed by atoms with E-state index in [1.165, 1.54) is 24.3 Å². The van der Waals surface area contributed by atoms with Crippen LogP contribution < -0.4 is 5.32 Å². The molecule has 1 aromatic heterocycles. The highest BCUT2D eigenvalue weighted by Gasteiger charge is 2.44. The van der Waals surface area contributed by atoms with E-state index in [1.807, 2.05) is 0 Å². The van der Waals surface area contributed by atoms with Gasteiger partial charge in [0.15, 0.2) is 0 Å². The van der Waals surface area contributed by atoms with E-state index in [-0.39, 0.29) is 34.9 Å². The first kappa shape index (κ1) is 18.6. The van der Waals surface area contributed by atoms with E-state index in [9.17, 15) is 13.6 Å². The third-order valence-electron chi connectivity index (χ3n) is 5.43. The van der Waals surface area contributed by atoms with E-state index in [2.05, 4.69) is 15.3 Å². The molecule has 5 nitrogen and oxygen atoms in total. The number of fused-ring (bicyclic) bond motifs is 2. The number of nitrogens with one attached hydrogen (secondary N) is 1. The number of rotatable bonds is 4. The Morgan fingerprint density at radius 3 is 2.57 bits per heavy atom. The van der Waals surface area contributed by atoms with Gasteiger partial charge in [-0.15, -0.1) is 0 Å². The predicted molar refractivity (Wildman–Crippen MR) is 107 cm³/mol. The number of carbonyl (C=O) groups is 1. The van der Waals surface area contributed by atoms with E-state index in [1.54, 1.807) is 36.8 Å². The van der Waals surface area contributed by atoms with Crippen molar-refractivity contribution in [3.8, 4) is 11.1 Å². The lowest BCUT2D eigenvalue weighted by Gasteiger charge is -2.16. The molecule has 0 saturated carbocycles. The highest BCUT2D eigenvalue weighted by Crippen LogP contribution is 2.44. The minimum absolute atomic E-state index is 0.133. The molecule has 150 valence electrons. The van der Waals surface area contributed by atoms with Gasteiger partial charge in [-0.2, -0.15) is 0 Å². The Balaban J connectivity index is 1.45. The van der Waals surface area contributed by atoms with Gasteiger partial charge in [0.2, 0.25) is 0 Å². The summed E-state index contributed by atoms with van der Waals surface area (Å²) in [4.78, 5) is 21.4. The summed E-state index contributed by atoms with van der Waals surface area (Å²) in [7, 11) is 0. The van der Waals surface area contributed by atoms with Crippen LogP contribution in [-0.2, 0) is 9.53 Å². The topological polar surface area (TPSA) is 64.1 Å². The Kier molecular flexibility index (Phi) is 4.59. The smallest absolute Gasteiger partial charge is 0.254 e. The van der Waals surface area contributed by atoms with Gasteiger partial charge in [-0.05, 0) is 37.1 Å². The van der Waals surface area contributed by atoms with Crippen molar-refractivity contribution in [3.05, 3.63) is 84.0 Å². The minimum atomic E-state index is -0.620. The number of hydrogen-bond acceptors (Lipinski definition) is 4. The maximum Gasteiger partial charge on any atom is 0.254 e. The summed E-state index contributed by atoms with van der Waals surface area (Å²) in [5.74, 6) is -1.49. The van der Waals surface area contributed by atoms with Gasteiger partial charge in [0.05, 0.1) is 29.7 Å². The van der Waals surface area contributed by atoms with Crippen LogP contribution in [0.5, 0.6) is 0 Å². The standard InChI is InChI=1S/C23H17F2N3O2/c24-16-4-2-1-3-14(16)15-6-5-13(11-17(15)25)28-23(29)22-20-8-7-19(30-20)21(22)18-12-26-9-10-27-18/h1-6,9-12,19-20H,7-8H2,(H,28,29)/t19-,20+/m0/s1. The van der Waals surface area contributed by atoms with Gasteiger partial charge >= 0.3 is 0 Å². The second kappa shape index (κ2) is 7.42. The fraction of sp³-hybridized carbons (Fsp3) is 0.174. The molecule has 5 rings (SSSR count). The first-order valence-electron chi connectivity index (χ1n) is 9.63. The normalized spacial score (nSPS) is 19.9. The molecule has 2 aliphatic rings. The van der Waals surface area contributed by atoms with Crippen LogP contribution in [0.25, 0.3) is 16.7 Å². The summed E-state index contributed by atoms with van der Waals surface area (Å²) in [6.07, 6.45) is 5.81. The van der Waals surface area contributed by atoms with Gasteiger partial charge in [-0.25, -0.2) is 8.78 Å². The molecule has 30 heavy (non-hydrogen) atoms. The third kappa shape index (κ3) is 3.17. The molecule has 1 amide bonds. The van der Waals surface area contributed by atoms with E-state index >= 15 is 0 Å². The Morgan fingerprint density at radius 2 is 1.80 bits per heavy atom. The van der Waals surface area contributed by atoms with Crippen LogP contribution in [0, 0.1) is 11.6 Å². The van der Waals surface area contributed by atoms with Crippen molar-refractivity contribution in [1.82, 2.24) is 9.97 Å². The number of nitrogens with zero attached hydrogens (tertiary/aromatic N) is 2.